The number of hydrogen-bond donors (Lipinski definition) is 0. The fourth-order valence-corrected chi connectivity index (χ4v) is 1.72. The van der Waals surface area contributed by atoms with Crippen LogP contribution in [0.3, 0.4) is 0 Å². The number of para-hydroxylation sites is 1. The van der Waals surface area contributed by atoms with Crippen molar-refractivity contribution < 1.29 is 0 Å². The molecule has 0 saturated heterocycles. The molecule has 1 aromatic carbocycles. The van der Waals surface area contributed by atoms with Crippen LogP contribution in [0, 0.1) is 13.8 Å². The second kappa shape index (κ2) is 3.11. The first-order valence-corrected chi connectivity index (χ1v) is 5.00. The number of rotatable bonds is 0. The molecule has 0 aliphatic rings. The molecule has 13 heavy (non-hydrogen) atoms. The van der Waals surface area contributed by atoms with E-state index < -0.39 is 0 Å². The second-order valence-corrected chi connectivity index (χ2v) is 3.99. The van der Waals surface area contributed by atoms with Crippen molar-refractivity contribution in [2.45, 2.75) is 13.8 Å². The minimum Gasteiger partial charge on any atom is -0.240 e. The maximum atomic E-state index is 4.49. The van der Waals surface area contributed by atoms with Gasteiger partial charge in [0.25, 0.3) is 0 Å². The Bertz CT molecular complexity index is 463. The third kappa shape index (κ3) is 1.46. The number of benzene rings is 1. The Balaban J connectivity index is 2.89. The lowest BCUT2D eigenvalue weighted by Crippen LogP contribution is -1.86. The van der Waals surface area contributed by atoms with Crippen LogP contribution in [0.5, 0.6) is 0 Å². The number of pyridine rings is 1. The van der Waals surface area contributed by atoms with Crippen LogP contribution in [-0.2, 0) is 0 Å². The van der Waals surface area contributed by atoms with Gasteiger partial charge in [0, 0.05) is 5.39 Å². The first kappa shape index (κ1) is 8.70. The molecule has 0 bridgehead atoms. The Hall–Kier alpha value is -0.890. The molecule has 0 atom stereocenters. The molecule has 0 amide bonds. The average molecular weight is 236 g/mol. The van der Waals surface area contributed by atoms with Crippen molar-refractivity contribution in [1.29, 1.82) is 0 Å². The molecule has 0 saturated carbocycles. The van der Waals surface area contributed by atoms with E-state index in [9.17, 15) is 0 Å². The first-order chi connectivity index (χ1) is 6.18. The lowest BCUT2D eigenvalue weighted by Gasteiger charge is -2.03. The highest BCUT2D eigenvalue weighted by molar-refractivity contribution is 9.10. The van der Waals surface area contributed by atoms with Gasteiger partial charge in [-0.25, -0.2) is 4.98 Å². The van der Waals surface area contributed by atoms with Gasteiger partial charge in [-0.1, -0.05) is 18.2 Å². The summed E-state index contributed by atoms with van der Waals surface area (Å²) in [4.78, 5) is 4.49. The van der Waals surface area contributed by atoms with E-state index in [0.717, 1.165) is 10.1 Å². The van der Waals surface area contributed by atoms with Crippen molar-refractivity contribution in [1.82, 2.24) is 4.98 Å². The lowest BCUT2D eigenvalue weighted by molar-refractivity contribution is 1.26. The summed E-state index contributed by atoms with van der Waals surface area (Å²) in [6.07, 6.45) is 0. The standard InChI is InChI=1S/C11H10BrN/c1-7-4-3-5-9-6-8(2)11(12)13-10(7)9/h3-6H,1-2H3. The molecule has 0 aliphatic heterocycles. The van der Waals surface area contributed by atoms with Crippen molar-refractivity contribution in [3.63, 3.8) is 0 Å². The van der Waals surface area contributed by atoms with Crippen LogP contribution in [0.1, 0.15) is 11.1 Å². The predicted molar refractivity (Wildman–Crippen MR) is 58.9 cm³/mol. The lowest BCUT2D eigenvalue weighted by atomic mass is 10.1. The Morgan fingerprint density at radius 2 is 1.92 bits per heavy atom. The van der Waals surface area contributed by atoms with Gasteiger partial charge in [0.15, 0.2) is 0 Å². The van der Waals surface area contributed by atoms with Gasteiger partial charge in [0.2, 0.25) is 0 Å². The largest absolute Gasteiger partial charge is 0.240 e. The zero-order valence-electron chi connectivity index (χ0n) is 7.63. The van der Waals surface area contributed by atoms with Crippen molar-refractivity contribution in [3.05, 3.63) is 40.0 Å². The summed E-state index contributed by atoms with van der Waals surface area (Å²) in [5, 5.41) is 1.21. The van der Waals surface area contributed by atoms with Crippen molar-refractivity contribution in [3.8, 4) is 0 Å². The molecule has 1 nitrogen and oxygen atoms in total. The van der Waals surface area contributed by atoms with E-state index in [1.54, 1.807) is 0 Å². The van der Waals surface area contributed by atoms with E-state index in [1.807, 2.05) is 0 Å². The number of aromatic nitrogens is 1. The van der Waals surface area contributed by atoms with E-state index in [4.69, 9.17) is 0 Å². The van der Waals surface area contributed by atoms with Crippen LogP contribution in [-0.4, -0.2) is 4.98 Å². The molecule has 0 fully saturated rings. The summed E-state index contributed by atoms with van der Waals surface area (Å²) < 4.78 is 0.939. The van der Waals surface area contributed by atoms with Crippen molar-refractivity contribution in [2.24, 2.45) is 0 Å². The maximum Gasteiger partial charge on any atom is 0.109 e. The minimum absolute atomic E-state index is 0.939. The zero-order chi connectivity index (χ0) is 9.42. The molecule has 2 aromatic rings. The van der Waals surface area contributed by atoms with E-state index >= 15 is 0 Å². The third-order valence-electron chi connectivity index (χ3n) is 2.18. The number of nitrogens with zero attached hydrogens (tertiary/aromatic N) is 1. The van der Waals surface area contributed by atoms with Gasteiger partial charge < -0.3 is 0 Å². The molecule has 1 heterocycles. The van der Waals surface area contributed by atoms with E-state index in [2.05, 4.69) is 59.0 Å². The molecule has 1 aromatic heterocycles. The normalized spacial score (nSPS) is 10.7. The molecule has 66 valence electrons. The Morgan fingerprint density at radius 3 is 2.69 bits per heavy atom. The Labute approximate surface area is 85.9 Å². The smallest absolute Gasteiger partial charge is 0.109 e. The summed E-state index contributed by atoms with van der Waals surface area (Å²) in [5.74, 6) is 0. The van der Waals surface area contributed by atoms with Crippen LogP contribution in [0.4, 0.5) is 0 Å². The molecule has 2 heteroatoms. The first-order valence-electron chi connectivity index (χ1n) is 4.21. The molecular weight excluding hydrogens is 226 g/mol. The second-order valence-electron chi connectivity index (χ2n) is 3.24. The molecule has 0 aliphatic carbocycles. The average Bonchev–Trinajstić information content (AvgIpc) is 2.09. The van der Waals surface area contributed by atoms with Crippen LogP contribution in [0.15, 0.2) is 28.9 Å². The van der Waals surface area contributed by atoms with Gasteiger partial charge in [-0.05, 0) is 47.0 Å². The third-order valence-corrected chi connectivity index (χ3v) is 2.98. The quantitative estimate of drug-likeness (QED) is 0.636. The van der Waals surface area contributed by atoms with Gasteiger partial charge >= 0.3 is 0 Å². The molecular formula is C11H10BrN. The van der Waals surface area contributed by atoms with E-state index in [-0.39, 0.29) is 0 Å². The highest BCUT2D eigenvalue weighted by Crippen LogP contribution is 2.22. The van der Waals surface area contributed by atoms with Crippen LogP contribution >= 0.6 is 15.9 Å². The Morgan fingerprint density at radius 1 is 1.15 bits per heavy atom. The summed E-state index contributed by atoms with van der Waals surface area (Å²) in [6, 6.07) is 8.39. The van der Waals surface area contributed by atoms with Crippen molar-refractivity contribution >= 4 is 26.8 Å². The van der Waals surface area contributed by atoms with Gasteiger partial charge in [0.1, 0.15) is 4.60 Å². The topological polar surface area (TPSA) is 12.9 Å². The zero-order valence-corrected chi connectivity index (χ0v) is 9.22. The van der Waals surface area contributed by atoms with Gasteiger partial charge in [-0.3, -0.25) is 0 Å². The maximum absolute atomic E-state index is 4.49. The molecule has 0 spiro atoms. The molecule has 0 unspecified atom stereocenters. The van der Waals surface area contributed by atoms with Crippen LogP contribution in [0.2, 0.25) is 0 Å². The highest BCUT2D eigenvalue weighted by Gasteiger charge is 2.01. The van der Waals surface area contributed by atoms with Gasteiger partial charge in [0.05, 0.1) is 5.52 Å². The Kier molecular flexibility index (Phi) is 2.08. The number of hydrogen-bond acceptors (Lipinski definition) is 1. The van der Waals surface area contributed by atoms with Crippen LogP contribution < -0.4 is 0 Å². The van der Waals surface area contributed by atoms with Gasteiger partial charge in [-0.2, -0.15) is 0 Å². The molecule has 2 rings (SSSR count). The summed E-state index contributed by atoms with van der Waals surface area (Å²) in [6.45, 7) is 4.13. The predicted octanol–water partition coefficient (Wildman–Crippen LogP) is 3.61. The van der Waals surface area contributed by atoms with Gasteiger partial charge in [-0.15, -0.1) is 0 Å². The minimum atomic E-state index is 0.939. The fraction of sp³-hybridized carbons (Fsp3) is 0.182. The summed E-state index contributed by atoms with van der Waals surface area (Å²) >= 11 is 3.44. The SMILES string of the molecule is Cc1cc2cccc(C)c2nc1Br. The summed E-state index contributed by atoms with van der Waals surface area (Å²) in [7, 11) is 0. The molecule has 0 radical (unpaired) electrons. The fourth-order valence-electron chi connectivity index (χ4n) is 1.43. The van der Waals surface area contributed by atoms with E-state index in [1.165, 1.54) is 16.5 Å². The highest BCUT2D eigenvalue weighted by atomic mass is 79.9. The number of fused-ring (bicyclic) bond motifs is 1. The molecule has 0 N–H and O–H groups in total. The summed E-state index contributed by atoms with van der Waals surface area (Å²) in [5.41, 5.74) is 3.48. The monoisotopic (exact) mass is 235 g/mol. The van der Waals surface area contributed by atoms with E-state index in [0.29, 0.717) is 0 Å². The number of aryl methyl sites for hydroxylation is 2. The van der Waals surface area contributed by atoms with Crippen LogP contribution in [0.25, 0.3) is 10.9 Å². The van der Waals surface area contributed by atoms with Crippen molar-refractivity contribution in [2.75, 3.05) is 0 Å². The number of halogens is 1.